The summed E-state index contributed by atoms with van der Waals surface area (Å²) in [5.74, 6) is 0. The summed E-state index contributed by atoms with van der Waals surface area (Å²) in [5, 5.41) is 2.98. The number of hydrogen-bond acceptors (Lipinski definition) is 3. The van der Waals surface area contributed by atoms with E-state index in [2.05, 4.69) is 86.1 Å². The lowest BCUT2D eigenvalue weighted by Gasteiger charge is -2.51. The topological polar surface area (TPSA) is 15.7 Å². The summed E-state index contributed by atoms with van der Waals surface area (Å²) in [6, 6.07) is 17.1. The standard InChI is InChI=1S/C26H40N2OSi/c1-26(2,3)30(4,5)29-19-18-27-16-17-28(25-13-9-8-12-24(25)27)23-15-14-21-10-6-7-11-22(21)20-23/h6-7,10-11,14-15,20,24-25H,8-9,12-13,16-19H2,1-5H3/t24-,25-/m1/s1. The van der Waals surface area contributed by atoms with Gasteiger partial charge in [0.2, 0.25) is 0 Å². The van der Waals surface area contributed by atoms with Crippen LogP contribution in [0.2, 0.25) is 18.1 Å². The highest BCUT2D eigenvalue weighted by Gasteiger charge is 2.40. The fourth-order valence-electron chi connectivity index (χ4n) is 5.04. The van der Waals surface area contributed by atoms with Crippen molar-refractivity contribution in [2.45, 2.75) is 76.7 Å². The van der Waals surface area contributed by atoms with Crippen molar-refractivity contribution in [1.82, 2.24) is 4.90 Å². The summed E-state index contributed by atoms with van der Waals surface area (Å²) in [7, 11) is -1.66. The van der Waals surface area contributed by atoms with E-state index >= 15 is 0 Å². The third-order valence-electron chi connectivity index (χ3n) is 7.90. The number of anilines is 1. The van der Waals surface area contributed by atoms with Gasteiger partial charge >= 0.3 is 0 Å². The van der Waals surface area contributed by atoms with Crippen LogP contribution in [0.15, 0.2) is 42.5 Å². The van der Waals surface area contributed by atoms with E-state index in [-0.39, 0.29) is 5.04 Å². The van der Waals surface area contributed by atoms with Gasteiger partial charge in [-0.05, 0) is 53.9 Å². The number of nitrogens with zero attached hydrogens (tertiary/aromatic N) is 2. The first-order valence-corrected chi connectivity index (χ1v) is 14.8. The van der Waals surface area contributed by atoms with Crippen LogP contribution in [-0.4, -0.2) is 51.5 Å². The predicted molar refractivity (Wildman–Crippen MR) is 132 cm³/mol. The van der Waals surface area contributed by atoms with Gasteiger partial charge in [-0.15, -0.1) is 0 Å². The molecular formula is C26H40N2OSi. The highest BCUT2D eigenvalue weighted by Crippen LogP contribution is 2.37. The molecule has 0 bridgehead atoms. The zero-order chi connectivity index (χ0) is 21.4. The lowest BCUT2D eigenvalue weighted by atomic mass is 9.86. The van der Waals surface area contributed by atoms with Crippen LogP contribution in [0.25, 0.3) is 10.8 Å². The van der Waals surface area contributed by atoms with E-state index in [9.17, 15) is 0 Å². The van der Waals surface area contributed by atoms with Crippen molar-refractivity contribution >= 4 is 24.8 Å². The monoisotopic (exact) mass is 424 g/mol. The minimum absolute atomic E-state index is 0.287. The van der Waals surface area contributed by atoms with E-state index in [1.807, 2.05) is 0 Å². The SMILES string of the molecule is CC(C)(C)[Si](C)(C)OCCN1CCN(c2ccc3ccccc3c2)[C@@H]2CCCC[C@H]21. The van der Waals surface area contributed by atoms with E-state index in [0.717, 1.165) is 26.2 Å². The maximum absolute atomic E-state index is 6.52. The van der Waals surface area contributed by atoms with Crippen molar-refractivity contribution in [2.24, 2.45) is 0 Å². The molecule has 0 aromatic heterocycles. The molecule has 4 rings (SSSR count). The molecule has 0 N–H and O–H groups in total. The molecule has 2 aromatic carbocycles. The Morgan fingerprint density at radius 3 is 2.37 bits per heavy atom. The molecule has 0 unspecified atom stereocenters. The molecule has 2 aliphatic rings. The minimum atomic E-state index is -1.66. The second-order valence-corrected chi connectivity index (χ2v) is 15.6. The minimum Gasteiger partial charge on any atom is -0.416 e. The van der Waals surface area contributed by atoms with Crippen molar-refractivity contribution < 1.29 is 4.43 Å². The first kappa shape index (κ1) is 21.9. The number of rotatable bonds is 5. The van der Waals surface area contributed by atoms with E-state index in [1.54, 1.807) is 0 Å². The van der Waals surface area contributed by atoms with Gasteiger partial charge in [-0.1, -0.05) is 63.9 Å². The van der Waals surface area contributed by atoms with Crippen LogP contribution in [0.1, 0.15) is 46.5 Å². The lowest BCUT2D eigenvalue weighted by molar-refractivity contribution is 0.0885. The summed E-state index contributed by atoms with van der Waals surface area (Å²) in [4.78, 5) is 5.45. The highest BCUT2D eigenvalue weighted by atomic mass is 28.4. The number of fused-ring (bicyclic) bond motifs is 2. The van der Waals surface area contributed by atoms with E-state index in [4.69, 9.17) is 4.43 Å². The first-order valence-electron chi connectivity index (χ1n) is 11.9. The average molecular weight is 425 g/mol. The van der Waals surface area contributed by atoms with Crippen molar-refractivity contribution in [3.05, 3.63) is 42.5 Å². The second-order valence-electron chi connectivity index (χ2n) is 10.8. The quantitative estimate of drug-likeness (QED) is 0.524. The number of piperazine rings is 1. The Morgan fingerprint density at radius 1 is 0.933 bits per heavy atom. The maximum Gasteiger partial charge on any atom is 0.192 e. The van der Waals surface area contributed by atoms with Gasteiger partial charge in [0.25, 0.3) is 0 Å². The van der Waals surface area contributed by atoms with Crippen molar-refractivity contribution in [2.75, 3.05) is 31.1 Å². The van der Waals surface area contributed by atoms with Crippen LogP contribution in [0.3, 0.4) is 0 Å². The van der Waals surface area contributed by atoms with Crippen LogP contribution in [0, 0.1) is 0 Å². The summed E-state index contributed by atoms with van der Waals surface area (Å²) < 4.78 is 6.52. The van der Waals surface area contributed by atoms with Gasteiger partial charge in [0.15, 0.2) is 8.32 Å². The Bertz CT molecular complexity index is 859. The van der Waals surface area contributed by atoms with Crippen molar-refractivity contribution in [3.8, 4) is 0 Å². The van der Waals surface area contributed by atoms with Crippen LogP contribution in [0.4, 0.5) is 5.69 Å². The second kappa shape index (κ2) is 8.64. The smallest absolute Gasteiger partial charge is 0.192 e. The summed E-state index contributed by atoms with van der Waals surface area (Å²) in [6.45, 7) is 16.0. The molecule has 2 aromatic rings. The number of hydrogen-bond donors (Lipinski definition) is 0. The molecule has 3 nitrogen and oxygen atoms in total. The molecule has 164 valence electrons. The molecule has 1 aliphatic carbocycles. The van der Waals surface area contributed by atoms with Crippen LogP contribution < -0.4 is 4.90 Å². The van der Waals surface area contributed by atoms with Gasteiger partial charge < -0.3 is 9.33 Å². The number of benzene rings is 2. The Hall–Kier alpha value is -1.36. The average Bonchev–Trinajstić information content (AvgIpc) is 2.72. The Morgan fingerprint density at radius 2 is 1.63 bits per heavy atom. The van der Waals surface area contributed by atoms with E-state index < -0.39 is 8.32 Å². The first-order chi connectivity index (χ1) is 14.3. The predicted octanol–water partition coefficient (Wildman–Crippen LogP) is 6.29. The molecule has 1 aliphatic heterocycles. The van der Waals surface area contributed by atoms with Gasteiger partial charge in [0.05, 0.1) is 0 Å². The van der Waals surface area contributed by atoms with Gasteiger partial charge in [-0.3, -0.25) is 4.90 Å². The molecule has 0 amide bonds. The van der Waals surface area contributed by atoms with Gasteiger partial charge in [-0.25, -0.2) is 0 Å². The fourth-order valence-corrected chi connectivity index (χ4v) is 6.07. The Balaban J connectivity index is 1.45. The zero-order valence-electron chi connectivity index (χ0n) is 19.7. The van der Waals surface area contributed by atoms with Gasteiger partial charge in [0, 0.05) is 44.0 Å². The van der Waals surface area contributed by atoms with Crippen LogP contribution >= 0.6 is 0 Å². The molecule has 1 heterocycles. The molecule has 2 fully saturated rings. The van der Waals surface area contributed by atoms with Crippen LogP contribution in [0.5, 0.6) is 0 Å². The third-order valence-corrected chi connectivity index (χ3v) is 12.4. The van der Waals surface area contributed by atoms with Crippen molar-refractivity contribution in [1.29, 1.82) is 0 Å². The molecular weight excluding hydrogens is 384 g/mol. The van der Waals surface area contributed by atoms with Crippen molar-refractivity contribution in [3.63, 3.8) is 0 Å². The Kier molecular flexibility index (Phi) is 6.29. The van der Waals surface area contributed by atoms with Crippen LogP contribution in [-0.2, 0) is 4.43 Å². The van der Waals surface area contributed by atoms with Gasteiger partial charge in [0.1, 0.15) is 0 Å². The van der Waals surface area contributed by atoms with Gasteiger partial charge in [-0.2, -0.15) is 0 Å². The highest BCUT2D eigenvalue weighted by molar-refractivity contribution is 6.74. The Labute approximate surface area is 184 Å². The molecule has 1 saturated carbocycles. The molecule has 30 heavy (non-hydrogen) atoms. The van der Waals surface area contributed by atoms with E-state index in [1.165, 1.54) is 42.1 Å². The zero-order valence-corrected chi connectivity index (χ0v) is 20.7. The molecule has 4 heteroatoms. The third kappa shape index (κ3) is 4.46. The summed E-state index contributed by atoms with van der Waals surface area (Å²) >= 11 is 0. The normalized spacial score (nSPS) is 23.6. The summed E-state index contributed by atoms with van der Waals surface area (Å²) in [5.41, 5.74) is 1.41. The molecule has 0 spiro atoms. The van der Waals surface area contributed by atoms with E-state index in [0.29, 0.717) is 12.1 Å². The maximum atomic E-state index is 6.52. The molecule has 0 radical (unpaired) electrons. The fraction of sp³-hybridized carbons (Fsp3) is 0.615. The summed E-state index contributed by atoms with van der Waals surface area (Å²) in [6.07, 6.45) is 5.37. The lowest BCUT2D eigenvalue weighted by Crippen LogP contribution is -2.61. The molecule has 2 atom stereocenters. The largest absolute Gasteiger partial charge is 0.416 e. The molecule has 1 saturated heterocycles.